The number of aryl methyl sites for hydroxylation is 2. The normalized spacial score (nSPS) is 17.6. The first kappa shape index (κ1) is 16.8. The van der Waals surface area contributed by atoms with Crippen LogP contribution in [-0.2, 0) is 11.2 Å². The van der Waals surface area contributed by atoms with E-state index in [1.165, 1.54) is 11.1 Å². The number of amides is 1. The molecule has 4 rings (SSSR count). The van der Waals surface area contributed by atoms with Gasteiger partial charge in [0, 0.05) is 31.6 Å². The summed E-state index contributed by atoms with van der Waals surface area (Å²) in [4.78, 5) is 14.7. The number of hydrogen-bond acceptors (Lipinski definition) is 3. The number of likely N-dealkylation sites (tertiary alicyclic amines) is 1. The van der Waals surface area contributed by atoms with Gasteiger partial charge in [-0.1, -0.05) is 35.9 Å². The van der Waals surface area contributed by atoms with E-state index in [1.807, 2.05) is 33.7 Å². The second-order valence-electron chi connectivity index (χ2n) is 7.15. The monoisotopic (exact) mass is 348 g/mol. The van der Waals surface area contributed by atoms with E-state index < -0.39 is 0 Å². The van der Waals surface area contributed by atoms with Crippen LogP contribution in [0.5, 0.6) is 0 Å². The van der Waals surface area contributed by atoms with Gasteiger partial charge in [-0.3, -0.25) is 9.20 Å². The van der Waals surface area contributed by atoms with Gasteiger partial charge in [0.25, 0.3) is 0 Å². The van der Waals surface area contributed by atoms with Crippen LogP contribution in [0.4, 0.5) is 0 Å². The molecule has 3 heterocycles. The average molecular weight is 348 g/mol. The number of piperidine rings is 1. The van der Waals surface area contributed by atoms with E-state index in [1.54, 1.807) is 0 Å². The third-order valence-electron chi connectivity index (χ3n) is 5.23. The molecular formula is C21H24N4O. The smallest absolute Gasteiger partial charge is 0.222 e. The molecule has 2 aromatic heterocycles. The zero-order valence-corrected chi connectivity index (χ0v) is 15.1. The maximum absolute atomic E-state index is 12.7. The van der Waals surface area contributed by atoms with Gasteiger partial charge in [0.15, 0.2) is 5.65 Å². The quantitative estimate of drug-likeness (QED) is 0.726. The van der Waals surface area contributed by atoms with Crippen LogP contribution in [0.1, 0.15) is 42.1 Å². The zero-order chi connectivity index (χ0) is 17.9. The average Bonchev–Trinajstić information content (AvgIpc) is 3.11. The van der Waals surface area contributed by atoms with Crippen molar-refractivity contribution in [1.29, 1.82) is 0 Å². The maximum Gasteiger partial charge on any atom is 0.222 e. The number of carbonyl (C=O) groups excluding carboxylic acids is 1. The van der Waals surface area contributed by atoms with E-state index in [0.29, 0.717) is 6.42 Å². The number of nitrogens with zero attached hydrogens (tertiary/aromatic N) is 4. The largest absolute Gasteiger partial charge is 0.342 e. The van der Waals surface area contributed by atoms with Crippen LogP contribution in [0.2, 0.25) is 0 Å². The molecule has 1 amide bonds. The maximum atomic E-state index is 12.7. The van der Waals surface area contributed by atoms with Crippen molar-refractivity contribution in [3.05, 3.63) is 65.6 Å². The Morgan fingerprint density at radius 3 is 2.85 bits per heavy atom. The Morgan fingerprint density at radius 2 is 2.00 bits per heavy atom. The second-order valence-corrected chi connectivity index (χ2v) is 7.15. The summed E-state index contributed by atoms with van der Waals surface area (Å²) >= 11 is 0. The second kappa shape index (κ2) is 7.28. The molecule has 5 nitrogen and oxygen atoms in total. The minimum Gasteiger partial charge on any atom is -0.342 e. The molecule has 26 heavy (non-hydrogen) atoms. The van der Waals surface area contributed by atoms with Crippen molar-refractivity contribution >= 4 is 11.6 Å². The summed E-state index contributed by atoms with van der Waals surface area (Å²) in [6.07, 6.45) is 5.44. The molecule has 0 N–H and O–H groups in total. The van der Waals surface area contributed by atoms with Crippen LogP contribution < -0.4 is 0 Å². The fraction of sp³-hybridized carbons (Fsp3) is 0.381. The van der Waals surface area contributed by atoms with E-state index in [9.17, 15) is 4.79 Å². The predicted molar refractivity (Wildman–Crippen MR) is 101 cm³/mol. The fourth-order valence-electron chi connectivity index (χ4n) is 3.72. The Bertz CT molecular complexity index is 900. The molecule has 1 atom stereocenters. The number of fused-ring (bicyclic) bond motifs is 1. The highest BCUT2D eigenvalue weighted by molar-refractivity contribution is 5.76. The van der Waals surface area contributed by atoms with E-state index in [0.717, 1.165) is 43.8 Å². The standard InChI is InChI=1S/C21H24N4O/c1-16-7-9-17(10-8-16)11-12-20(26)24-13-4-5-18(15-24)21-23-22-19-6-2-3-14-25(19)21/h2-3,6-10,14,18H,4-5,11-13,15H2,1H3. The number of carbonyl (C=O) groups is 1. The third kappa shape index (κ3) is 3.47. The van der Waals surface area contributed by atoms with Crippen molar-refractivity contribution < 1.29 is 4.79 Å². The molecule has 3 aromatic rings. The zero-order valence-electron chi connectivity index (χ0n) is 15.1. The molecule has 0 saturated carbocycles. The van der Waals surface area contributed by atoms with Crippen LogP contribution in [0.25, 0.3) is 5.65 Å². The lowest BCUT2D eigenvalue weighted by Gasteiger charge is -2.32. The summed E-state index contributed by atoms with van der Waals surface area (Å²) in [5.41, 5.74) is 3.34. The molecular weight excluding hydrogens is 324 g/mol. The van der Waals surface area contributed by atoms with Gasteiger partial charge in [-0.15, -0.1) is 10.2 Å². The van der Waals surface area contributed by atoms with Crippen molar-refractivity contribution in [2.24, 2.45) is 0 Å². The molecule has 0 bridgehead atoms. The van der Waals surface area contributed by atoms with E-state index in [2.05, 4.69) is 41.4 Å². The molecule has 1 saturated heterocycles. The molecule has 1 fully saturated rings. The molecule has 1 aliphatic heterocycles. The van der Waals surface area contributed by atoms with Gasteiger partial charge in [0.05, 0.1) is 0 Å². The Hall–Kier alpha value is -2.69. The van der Waals surface area contributed by atoms with Crippen molar-refractivity contribution in [1.82, 2.24) is 19.5 Å². The summed E-state index contributed by atoms with van der Waals surface area (Å²) in [6, 6.07) is 14.4. The summed E-state index contributed by atoms with van der Waals surface area (Å²) in [6.45, 7) is 3.67. The molecule has 0 spiro atoms. The summed E-state index contributed by atoms with van der Waals surface area (Å²) in [5.74, 6) is 1.46. The molecule has 1 unspecified atom stereocenters. The first-order chi connectivity index (χ1) is 12.7. The van der Waals surface area contributed by atoms with Gasteiger partial charge < -0.3 is 4.90 Å². The van der Waals surface area contributed by atoms with Gasteiger partial charge in [-0.25, -0.2) is 0 Å². The minimum atomic E-state index is 0.240. The number of rotatable bonds is 4. The van der Waals surface area contributed by atoms with Gasteiger partial charge in [-0.05, 0) is 43.9 Å². The van der Waals surface area contributed by atoms with Crippen molar-refractivity contribution in [2.45, 2.75) is 38.5 Å². The Labute approximate surface area is 153 Å². The lowest BCUT2D eigenvalue weighted by atomic mass is 9.96. The fourth-order valence-corrected chi connectivity index (χ4v) is 3.72. The van der Waals surface area contributed by atoms with Gasteiger partial charge >= 0.3 is 0 Å². The van der Waals surface area contributed by atoms with Crippen LogP contribution in [0.15, 0.2) is 48.7 Å². The van der Waals surface area contributed by atoms with E-state index >= 15 is 0 Å². The topological polar surface area (TPSA) is 50.5 Å². The molecule has 1 aliphatic rings. The van der Waals surface area contributed by atoms with Crippen LogP contribution >= 0.6 is 0 Å². The summed E-state index contributed by atoms with van der Waals surface area (Å²) < 4.78 is 2.05. The van der Waals surface area contributed by atoms with Crippen molar-refractivity contribution in [3.8, 4) is 0 Å². The van der Waals surface area contributed by atoms with Crippen LogP contribution in [0.3, 0.4) is 0 Å². The lowest BCUT2D eigenvalue weighted by Crippen LogP contribution is -2.39. The minimum absolute atomic E-state index is 0.240. The first-order valence-electron chi connectivity index (χ1n) is 9.34. The SMILES string of the molecule is Cc1ccc(CCC(=O)N2CCCC(c3nnc4ccccn34)C2)cc1. The number of pyridine rings is 1. The van der Waals surface area contributed by atoms with Crippen molar-refractivity contribution in [3.63, 3.8) is 0 Å². The molecule has 0 radical (unpaired) electrons. The molecule has 0 aliphatic carbocycles. The van der Waals surface area contributed by atoms with E-state index in [4.69, 9.17) is 0 Å². The van der Waals surface area contributed by atoms with Gasteiger partial charge in [0.2, 0.25) is 5.91 Å². The number of benzene rings is 1. The Morgan fingerprint density at radius 1 is 1.15 bits per heavy atom. The summed E-state index contributed by atoms with van der Waals surface area (Å²) in [5, 5.41) is 8.65. The highest BCUT2D eigenvalue weighted by Crippen LogP contribution is 2.26. The Kier molecular flexibility index (Phi) is 4.69. The lowest BCUT2D eigenvalue weighted by molar-refractivity contribution is -0.132. The Balaban J connectivity index is 1.41. The molecule has 1 aromatic carbocycles. The van der Waals surface area contributed by atoms with Gasteiger partial charge in [0.1, 0.15) is 5.82 Å². The van der Waals surface area contributed by atoms with Gasteiger partial charge in [-0.2, -0.15) is 0 Å². The molecule has 134 valence electrons. The third-order valence-corrected chi connectivity index (χ3v) is 5.23. The number of hydrogen-bond donors (Lipinski definition) is 0. The summed E-state index contributed by atoms with van der Waals surface area (Å²) in [7, 11) is 0. The number of aromatic nitrogens is 3. The highest BCUT2D eigenvalue weighted by Gasteiger charge is 2.27. The van der Waals surface area contributed by atoms with E-state index in [-0.39, 0.29) is 11.8 Å². The predicted octanol–water partition coefficient (Wildman–Crippen LogP) is 3.38. The highest BCUT2D eigenvalue weighted by atomic mass is 16.2. The first-order valence-corrected chi connectivity index (χ1v) is 9.34. The molecule has 5 heteroatoms. The van der Waals surface area contributed by atoms with Crippen LogP contribution in [0, 0.1) is 6.92 Å². The van der Waals surface area contributed by atoms with Crippen molar-refractivity contribution in [2.75, 3.05) is 13.1 Å². The van der Waals surface area contributed by atoms with Crippen LogP contribution in [-0.4, -0.2) is 38.5 Å².